The van der Waals surface area contributed by atoms with Crippen molar-refractivity contribution in [3.63, 3.8) is 0 Å². The predicted octanol–water partition coefficient (Wildman–Crippen LogP) is 3.82. The second kappa shape index (κ2) is 5.67. The van der Waals surface area contributed by atoms with Gasteiger partial charge in [0.1, 0.15) is 5.60 Å². The Hall–Kier alpha value is -0.830. The summed E-state index contributed by atoms with van der Waals surface area (Å²) in [6.07, 6.45) is 11.5. The van der Waals surface area contributed by atoms with E-state index in [4.69, 9.17) is 10.5 Å². The molecule has 3 heteroatoms. The van der Waals surface area contributed by atoms with Gasteiger partial charge in [0.15, 0.2) is 0 Å². The topological polar surface area (TPSA) is 52.3 Å². The lowest BCUT2D eigenvalue weighted by Gasteiger charge is -2.54. The number of hydrogen-bond acceptors (Lipinski definition) is 3. The van der Waals surface area contributed by atoms with Gasteiger partial charge in [0, 0.05) is 6.92 Å². The van der Waals surface area contributed by atoms with E-state index in [0.717, 1.165) is 18.3 Å². The van der Waals surface area contributed by atoms with Gasteiger partial charge in [0.05, 0.1) is 0 Å². The highest BCUT2D eigenvalue weighted by molar-refractivity contribution is 5.66. The Morgan fingerprint density at radius 1 is 1.41 bits per heavy atom. The van der Waals surface area contributed by atoms with Crippen LogP contribution in [0.4, 0.5) is 0 Å². The van der Waals surface area contributed by atoms with Crippen molar-refractivity contribution in [1.82, 2.24) is 0 Å². The minimum Gasteiger partial charge on any atom is -0.460 e. The smallest absolute Gasteiger partial charge is 0.303 e. The van der Waals surface area contributed by atoms with Crippen molar-refractivity contribution >= 4 is 5.97 Å². The summed E-state index contributed by atoms with van der Waals surface area (Å²) in [4.78, 5) is 11.3. The summed E-state index contributed by atoms with van der Waals surface area (Å²) in [5, 5.41) is 0. The summed E-state index contributed by atoms with van der Waals surface area (Å²) in [5.74, 6) is 2.07. The molecule has 2 fully saturated rings. The van der Waals surface area contributed by atoms with Gasteiger partial charge in [-0.25, -0.2) is 0 Å². The number of carbonyl (C=O) groups excluding carboxylic acids is 1. The summed E-state index contributed by atoms with van der Waals surface area (Å²) in [6.45, 7) is 6.24. The van der Waals surface area contributed by atoms with Crippen LogP contribution in [0.2, 0.25) is 0 Å². The molecule has 0 aromatic carbocycles. The van der Waals surface area contributed by atoms with E-state index in [1.54, 1.807) is 5.57 Å². The molecule has 0 unspecified atom stereocenters. The fourth-order valence-corrected chi connectivity index (χ4v) is 5.59. The number of carbonyl (C=O) groups is 1. The maximum absolute atomic E-state index is 11.3. The molecule has 3 rings (SSSR count). The summed E-state index contributed by atoms with van der Waals surface area (Å²) >= 11 is 0. The molecule has 124 valence electrons. The maximum atomic E-state index is 11.3. The largest absolute Gasteiger partial charge is 0.460 e. The fraction of sp³-hybridized carbons (Fsp3) is 0.842. The molecular weight excluding hydrogens is 274 g/mol. The summed E-state index contributed by atoms with van der Waals surface area (Å²) < 4.78 is 5.53. The van der Waals surface area contributed by atoms with Crippen LogP contribution < -0.4 is 5.73 Å². The Balaban J connectivity index is 1.71. The third-order valence-corrected chi connectivity index (χ3v) is 6.26. The van der Waals surface area contributed by atoms with Crippen molar-refractivity contribution in [3.8, 4) is 0 Å². The van der Waals surface area contributed by atoms with E-state index >= 15 is 0 Å². The first-order valence-electron chi connectivity index (χ1n) is 8.95. The van der Waals surface area contributed by atoms with Crippen molar-refractivity contribution in [3.05, 3.63) is 11.6 Å². The molecule has 0 aromatic heterocycles. The average Bonchev–Trinajstić information content (AvgIpc) is 3.02. The van der Waals surface area contributed by atoms with Crippen LogP contribution in [0.1, 0.15) is 65.7 Å². The van der Waals surface area contributed by atoms with Crippen LogP contribution in [0.15, 0.2) is 11.6 Å². The quantitative estimate of drug-likeness (QED) is 0.620. The zero-order chi connectivity index (χ0) is 16.0. The van der Waals surface area contributed by atoms with Gasteiger partial charge in [-0.15, -0.1) is 0 Å². The van der Waals surface area contributed by atoms with E-state index in [2.05, 4.69) is 6.08 Å². The second-order valence-corrected chi connectivity index (χ2v) is 8.51. The first kappa shape index (κ1) is 16.0. The molecule has 0 heterocycles. The minimum atomic E-state index is -0.417. The SMILES string of the molecule is CC(=O)OC(C)(C)C[C@]1(CN)C[C@@H]2CC(C3CCCC3)=C[C@@H]21. The molecule has 3 nitrogen and oxygen atoms in total. The van der Waals surface area contributed by atoms with E-state index in [1.807, 2.05) is 13.8 Å². The Kier molecular flexibility index (Phi) is 4.13. The van der Waals surface area contributed by atoms with Gasteiger partial charge >= 0.3 is 5.97 Å². The van der Waals surface area contributed by atoms with Crippen molar-refractivity contribution in [2.24, 2.45) is 28.9 Å². The normalized spacial score (nSPS) is 35.0. The Morgan fingerprint density at radius 3 is 2.68 bits per heavy atom. The van der Waals surface area contributed by atoms with Crippen molar-refractivity contribution < 1.29 is 9.53 Å². The van der Waals surface area contributed by atoms with Crippen LogP contribution >= 0.6 is 0 Å². The summed E-state index contributed by atoms with van der Waals surface area (Å²) in [7, 11) is 0. The third-order valence-electron chi connectivity index (χ3n) is 6.26. The molecule has 22 heavy (non-hydrogen) atoms. The summed E-state index contributed by atoms with van der Waals surface area (Å²) in [5.41, 5.74) is 7.63. The molecule has 3 aliphatic carbocycles. The maximum Gasteiger partial charge on any atom is 0.303 e. The van der Waals surface area contributed by atoms with Crippen LogP contribution in [0.25, 0.3) is 0 Å². The zero-order valence-corrected chi connectivity index (χ0v) is 14.4. The highest BCUT2D eigenvalue weighted by atomic mass is 16.6. The molecule has 2 saturated carbocycles. The van der Waals surface area contributed by atoms with Crippen LogP contribution in [-0.4, -0.2) is 18.1 Å². The fourth-order valence-electron chi connectivity index (χ4n) is 5.59. The van der Waals surface area contributed by atoms with Gasteiger partial charge < -0.3 is 10.5 Å². The standard InChI is InChI=1S/C19H31NO2/c1-13(21)22-18(2,3)11-19(12-20)10-16-8-15(9-17(16)19)14-6-4-5-7-14/h9,14,16-17H,4-8,10-12,20H2,1-3H3/t16-,17-,19-/m0/s1. The van der Waals surface area contributed by atoms with E-state index in [9.17, 15) is 4.79 Å². The minimum absolute atomic E-state index is 0.143. The predicted molar refractivity (Wildman–Crippen MR) is 88.2 cm³/mol. The molecular formula is C19H31NO2. The van der Waals surface area contributed by atoms with Gasteiger partial charge in [-0.1, -0.05) is 24.5 Å². The van der Waals surface area contributed by atoms with Gasteiger partial charge in [0.25, 0.3) is 0 Å². The number of nitrogens with two attached hydrogens (primary N) is 1. The number of fused-ring (bicyclic) bond motifs is 1. The lowest BCUT2D eigenvalue weighted by molar-refractivity contribution is -0.161. The lowest BCUT2D eigenvalue weighted by atomic mass is 9.52. The van der Waals surface area contributed by atoms with Crippen LogP contribution in [0, 0.1) is 23.2 Å². The lowest BCUT2D eigenvalue weighted by Crippen LogP contribution is -2.53. The molecule has 0 aliphatic heterocycles. The molecule has 2 N–H and O–H groups in total. The Bertz CT molecular complexity index is 476. The number of rotatable bonds is 5. The molecule has 0 radical (unpaired) electrons. The highest BCUT2D eigenvalue weighted by Gasteiger charge is 2.56. The van der Waals surface area contributed by atoms with E-state index < -0.39 is 5.60 Å². The molecule has 0 amide bonds. The number of hydrogen-bond donors (Lipinski definition) is 1. The Labute approximate surface area is 134 Å². The molecule has 0 spiro atoms. The van der Waals surface area contributed by atoms with Crippen LogP contribution in [0.3, 0.4) is 0 Å². The van der Waals surface area contributed by atoms with Gasteiger partial charge in [-0.3, -0.25) is 4.79 Å². The molecule has 0 saturated heterocycles. The first-order chi connectivity index (χ1) is 10.4. The van der Waals surface area contributed by atoms with Crippen molar-refractivity contribution in [2.45, 2.75) is 71.3 Å². The van der Waals surface area contributed by atoms with E-state index in [0.29, 0.717) is 12.5 Å². The third kappa shape index (κ3) is 2.84. The van der Waals surface area contributed by atoms with Crippen molar-refractivity contribution in [2.75, 3.05) is 6.54 Å². The van der Waals surface area contributed by atoms with Crippen LogP contribution in [-0.2, 0) is 9.53 Å². The number of ether oxygens (including phenoxy) is 1. The molecule has 0 aromatic rings. The van der Waals surface area contributed by atoms with Gasteiger partial charge in [0.2, 0.25) is 0 Å². The number of esters is 1. The van der Waals surface area contributed by atoms with Crippen molar-refractivity contribution in [1.29, 1.82) is 0 Å². The summed E-state index contributed by atoms with van der Waals surface area (Å²) in [6, 6.07) is 0. The average molecular weight is 305 g/mol. The number of allylic oxidation sites excluding steroid dienone is 2. The van der Waals surface area contributed by atoms with E-state index in [1.165, 1.54) is 45.4 Å². The molecule has 3 atom stereocenters. The van der Waals surface area contributed by atoms with Gasteiger partial charge in [-0.2, -0.15) is 0 Å². The van der Waals surface area contributed by atoms with Gasteiger partial charge in [-0.05, 0) is 75.7 Å². The highest BCUT2D eigenvalue weighted by Crippen LogP contribution is 2.62. The zero-order valence-electron chi connectivity index (χ0n) is 14.4. The Morgan fingerprint density at radius 2 is 2.09 bits per heavy atom. The molecule has 3 aliphatic rings. The second-order valence-electron chi connectivity index (χ2n) is 8.51. The molecule has 0 bridgehead atoms. The monoisotopic (exact) mass is 305 g/mol. The first-order valence-corrected chi connectivity index (χ1v) is 8.95. The van der Waals surface area contributed by atoms with E-state index in [-0.39, 0.29) is 11.4 Å². The van der Waals surface area contributed by atoms with Crippen LogP contribution in [0.5, 0.6) is 0 Å².